The molecule has 0 unspecified atom stereocenters. The molecule has 9 heteroatoms. The zero-order valence-electron chi connectivity index (χ0n) is 19.7. The highest BCUT2D eigenvalue weighted by atomic mass is 19.1. The topological polar surface area (TPSA) is 94.3 Å². The highest BCUT2D eigenvalue weighted by Crippen LogP contribution is 2.40. The first kappa shape index (κ1) is 23.7. The van der Waals surface area contributed by atoms with E-state index in [1.807, 2.05) is 30.3 Å². The number of nitrogens with one attached hydrogen (secondary N) is 1. The number of aryl methyl sites for hydroxylation is 1. The minimum atomic E-state index is -0.427. The largest absolute Gasteiger partial charge is 0.352 e. The molecule has 0 atom stereocenters. The van der Waals surface area contributed by atoms with E-state index < -0.39 is 11.6 Å². The Morgan fingerprint density at radius 2 is 1.74 bits per heavy atom. The SMILES string of the molecule is Cc1nccn1-c1ccc(CNC(=O)CCC(=O)C(C#N)=C2N(C)c3ccccc3N2C)cc1F. The van der Waals surface area contributed by atoms with Gasteiger partial charge < -0.3 is 19.7 Å². The smallest absolute Gasteiger partial charge is 0.220 e. The molecule has 0 saturated heterocycles. The lowest BCUT2D eigenvalue weighted by molar-refractivity contribution is -0.124. The quantitative estimate of drug-likeness (QED) is 0.417. The molecular formula is C26H25FN6O2. The number of aromatic nitrogens is 2. The molecule has 4 rings (SSSR count). The van der Waals surface area contributed by atoms with Gasteiger partial charge in [0, 0.05) is 45.9 Å². The van der Waals surface area contributed by atoms with Crippen molar-refractivity contribution in [3.8, 4) is 11.8 Å². The van der Waals surface area contributed by atoms with Crippen LogP contribution in [0.5, 0.6) is 0 Å². The third kappa shape index (κ3) is 4.64. The molecule has 178 valence electrons. The summed E-state index contributed by atoms with van der Waals surface area (Å²) in [5.41, 5.74) is 2.76. The van der Waals surface area contributed by atoms with Crippen LogP contribution in [0.15, 0.2) is 66.3 Å². The molecule has 35 heavy (non-hydrogen) atoms. The fourth-order valence-electron chi connectivity index (χ4n) is 4.19. The Morgan fingerprint density at radius 3 is 2.31 bits per heavy atom. The number of anilines is 2. The Bertz CT molecular complexity index is 1340. The van der Waals surface area contributed by atoms with Crippen LogP contribution in [0.2, 0.25) is 0 Å². The van der Waals surface area contributed by atoms with E-state index in [-0.39, 0.29) is 30.9 Å². The van der Waals surface area contributed by atoms with Crippen molar-refractivity contribution in [1.82, 2.24) is 14.9 Å². The van der Waals surface area contributed by atoms with Crippen molar-refractivity contribution in [2.75, 3.05) is 23.9 Å². The molecule has 0 aliphatic carbocycles. The highest BCUT2D eigenvalue weighted by molar-refractivity contribution is 6.03. The first-order valence-corrected chi connectivity index (χ1v) is 11.1. The number of carbonyl (C=O) groups is 2. The number of amides is 1. The number of fused-ring (bicyclic) bond motifs is 1. The lowest BCUT2D eigenvalue weighted by atomic mass is 10.1. The van der Waals surface area contributed by atoms with Crippen LogP contribution >= 0.6 is 0 Å². The summed E-state index contributed by atoms with van der Waals surface area (Å²) in [5.74, 6) is -0.0330. The number of nitriles is 1. The number of halogens is 1. The minimum absolute atomic E-state index is 0.00598. The Morgan fingerprint density at radius 1 is 1.06 bits per heavy atom. The number of carbonyl (C=O) groups excluding carboxylic acids is 2. The number of hydrogen-bond donors (Lipinski definition) is 1. The molecule has 8 nitrogen and oxygen atoms in total. The van der Waals surface area contributed by atoms with Gasteiger partial charge in [0.05, 0.1) is 17.1 Å². The maximum atomic E-state index is 14.6. The van der Waals surface area contributed by atoms with Gasteiger partial charge in [0.2, 0.25) is 5.91 Å². The van der Waals surface area contributed by atoms with Crippen molar-refractivity contribution in [2.24, 2.45) is 0 Å². The molecule has 0 spiro atoms. The van der Waals surface area contributed by atoms with Crippen molar-refractivity contribution in [3.05, 3.63) is 83.5 Å². The van der Waals surface area contributed by atoms with Gasteiger partial charge in [-0.25, -0.2) is 9.37 Å². The summed E-state index contributed by atoms with van der Waals surface area (Å²) in [4.78, 5) is 32.9. The van der Waals surface area contributed by atoms with E-state index >= 15 is 0 Å². The van der Waals surface area contributed by atoms with E-state index in [1.54, 1.807) is 59.9 Å². The number of allylic oxidation sites excluding steroid dienone is 1. The van der Waals surface area contributed by atoms with E-state index in [4.69, 9.17) is 0 Å². The van der Waals surface area contributed by atoms with Crippen LogP contribution < -0.4 is 15.1 Å². The Kier molecular flexibility index (Phi) is 6.64. The lowest BCUT2D eigenvalue weighted by Crippen LogP contribution is -2.27. The molecule has 1 aliphatic rings. The average molecular weight is 473 g/mol. The predicted octanol–water partition coefficient (Wildman–Crippen LogP) is 3.61. The van der Waals surface area contributed by atoms with Gasteiger partial charge in [0.1, 0.15) is 29.1 Å². The van der Waals surface area contributed by atoms with E-state index in [1.165, 1.54) is 6.07 Å². The summed E-state index contributed by atoms with van der Waals surface area (Å²) >= 11 is 0. The van der Waals surface area contributed by atoms with Crippen molar-refractivity contribution in [3.63, 3.8) is 0 Å². The van der Waals surface area contributed by atoms with Crippen LogP contribution in [0.3, 0.4) is 0 Å². The zero-order chi connectivity index (χ0) is 25.1. The third-order valence-electron chi connectivity index (χ3n) is 6.02. The monoisotopic (exact) mass is 472 g/mol. The summed E-state index contributed by atoms with van der Waals surface area (Å²) in [6.07, 6.45) is 3.09. The summed E-state index contributed by atoms with van der Waals surface area (Å²) < 4.78 is 16.2. The van der Waals surface area contributed by atoms with E-state index in [9.17, 15) is 19.2 Å². The van der Waals surface area contributed by atoms with Crippen LogP contribution in [0, 0.1) is 24.1 Å². The molecule has 1 amide bonds. The van der Waals surface area contributed by atoms with Gasteiger partial charge >= 0.3 is 0 Å². The van der Waals surface area contributed by atoms with Crippen molar-refractivity contribution >= 4 is 23.1 Å². The summed E-state index contributed by atoms with van der Waals surface area (Å²) in [6.45, 7) is 1.91. The number of nitrogens with zero attached hydrogens (tertiary/aromatic N) is 5. The number of para-hydroxylation sites is 2. The van der Waals surface area contributed by atoms with Crippen LogP contribution in [-0.4, -0.2) is 35.3 Å². The predicted molar refractivity (Wildman–Crippen MR) is 130 cm³/mol. The van der Waals surface area contributed by atoms with Gasteiger partial charge in [-0.2, -0.15) is 5.26 Å². The first-order chi connectivity index (χ1) is 16.8. The fourth-order valence-corrected chi connectivity index (χ4v) is 4.19. The molecule has 0 bridgehead atoms. The zero-order valence-corrected chi connectivity index (χ0v) is 19.7. The van der Waals surface area contributed by atoms with Crippen molar-refractivity contribution < 1.29 is 14.0 Å². The number of hydrogen-bond acceptors (Lipinski definition) is 6. The maximum Gasteiger partial charge on any atom is 0.220 e. The summed E-state index contributed by atoms with van der Waals surface area (Å²) in [6, 6.07) is 14.3. The summed E-state index contributed by atoms with van der Waals surface area (Å²) in [5, 5.41) is 12.4. The number of ketones is 1. The standard InChI is InChI=1S/C26H25FN6O2/c1-17-29-12-13-33(17)21-9-8-18(14-20(21)27)16-30-25(35)11-10-24(34)19(15-28)26-31(2)22-6-4-5-7-23(22)32(26)3/h4-9,12-14H,10-11,16H2,1-3H3,(H,30,35). The van der Waals surface area contributed by atoms with Gasteiger partial charge in [0.15, 0.2) is 5.78 Å². The van der Waals surface area contributed by atoms with Crippen LogP contribution in [0.1, 0.15) is 24.2 Å². The number of rotatable bonds is 7. The van der Waals surface area contributed by atoms with E-state index in [0.717, 1.165) is 11.4 Å². The molecule has 2 aromatic carbocycles. The second kappa shape index (κ2) is 9.81. The molecular weight excluding hydrogens is 447 g/mol. The molecule has 0 radical (unpaired) electrons. The van der Waals surface area contributed by atoms with Crippen LogP contribution in [-0.2, 0) is 16.1 Å². The van der Waals surface area contributed by atoms with Gasteiger partial charge in [-0.1, -0.05) is 18.2 Å². The molecule has 1 aromatic heterocycles. The Labute approximate surface area is 202 Å². The fraction of sp³-hybridized carbons (Fsp3) is 0.231. The number of benzene rings is 2. The third-order valence-corrected chi connectivity index (χ3v) is 6.02. The van der Waals surface area contributed by atoms with Gasteiger partial charge in [0.25, 0.3) is 0 Å². The van der Waals surface area contributed by atoms with Crippen molar-refractivity contribution in [2.45, 2.75) is 26.3 Å². The highest BCUT2D eigenvalue weighted by Gasteiger charge is 2.31. The molecule has 0 fully saturated rings. The molecule has 1 aliphatic heterocycles. The average Bonchev–Trinajstić information content (AvgIpc) is 3.38. The molecule has 2 heterocycles. The second-order valence-corrected chi connectivity index (χ2v) is 8.25. The van der Waals surface area contributed by atoms with Crippen molar-refractivity contribution in [1.29, 1.82) is 5.26 Å². The maximum absolute atomic E-state index is 14.6. The van der Waals surface area contributed by atoms with Gasteiger partial charge in [-0.15, -0.1) is 0 Å². The second-order valence-electron chi connectivity index (χ2n) is 8.25. The summed E-state index contributed by atoms with van der Waals surface area (Å²) in [7, 11) is 3.60. The van der Waals surface area contributed by atoms with E-state index in [0.29, 0.717) is 22.9 Å². The van der Waals surface area contributed by atoms with Crippen LogP contribution in [0.25, 0.3) is 5.69 Å². The normalized spacial score (nSPS) is 12.4. The van der Waals surface area contributed by atoms with Gasteiger partial charge in [-0.05, 0) is 36.8 Å². The van der Waals surface area contributed by atoms with Crippen LogP contribution in [0.4, 0.5) is 15.8 Å². The minimum Gasteiger partial charge on any atom is -0.352 e. The molecule has 3 aromatic rings. The Balaban J connectivity index is 1.36. The first-order valence-electron chi connectivity index (χ1n) is 11.1. The molecule has 1 N–H and O–H groups in total. The molecule has 0 saturated carbocycles. The van der Waals surface area contributed by atoms with E-state index in [2.05, 4.69) is 10.3 Å². The number of imidazole rings is 1. The Hall–Kier alpha value is -4.45. The van der Waals surface area contributed by atoms with Gasteiger partial charge in [-0.3, -0.25) is 9.59 Å². The number of Topliss-reactive ketones (excluding diaryl/α,β-unsaturated/α-hetero) is 1. The lowest BCUT2D eigenvalue weighted by Gasteiger charge is -2.19.